The molecule has 0 bridgehead atoms. The first kappa shape index (κ1) is 11.0. The summed E-state index contributed by atoms with van der Waals surface area (Å²) in [5, 5.41) is 8.91. The number of benzene rings is 1. The average Bonchev–Trinajstić information content (AvgIpc) is 2.27. The van der Waals surface area contributed by atoms with Crippen LogP contribution in [0, 0.1) is 0 Å². The normalized spacial score (nSPS) is 9.40. The number of anilines is 1. The van der Waals surface area contributed by atoms with Gasteiger partial charge in [-0.25, -0.2) is 4.79 Å². The number of hydrogen-bond acceptors (Lipinski definition) is 2. The van der Waals surface area contributed by atoms with Crippen molar-refractivity contribution in [1.29, 1.82) is 0 Å². The maximum atomic E-state index is 11.3. The Morgan fingerprint density at radius 3 is 2.53 bits per heavy atom. The minimum Gasteiger partial charge on any atom is -0.478 e. The molecule has 0 atom stereocenters. The summed E-state index contributed by atoms with van der Waals surface area (Å²) in [4.78, 5) is 23.4. The Morgan fingerprint density at radius 1 is 1.40 bits per heavy atom. The van der Waals surface area contributed by atoms with Crippen LogP contribution < -0.4 is 4.90 Å². The summed E-state index contributed by atoms with van der Waals surface area (Å²) in [6.45, 7) is 3.34. The summed E-state index contributed by atoms with van der Waals surface area (Å²) >= 11 is 0. The van der Waals surface area contributed by atoms with E-state index in [1.807, 2.05) is 0 Å². The standard InChI is InChI=1S/C11H11NO3/c1-3-10(13)12(2)9-7-5-4-6-8(9)11(14)15/h3-7H,1H2,2H3,(H,14,15). The third kappa shape index (κ3) is 2.22. The molecule has 0 fully saturated rings. The fourth-order valence-corrected chi connectivity index (χ4v) is 1.20. The molecule has 4 heteroatoms. The van der Waals surface area contributed by atoms with Gasteiger partial charge in [-0.2, -0.15) is 0 Å². The van der Waals surface area contributed by atoms with Crippen LogP contribution in [0.3, 0.4) is 0 Å². The van der Waals surface area contributed by atoms with E-state index >= 15 is 0 Å². The van der Waals surface area contributed by atoms with Gasteiger partial charge in [0.2, 0.25) is 5.91 Å². The smallest absolute Gasteiger partial charge is 0.337 e. The van der Waals surface area contributed by atoms with Crippen molar-refractivity contribution in [3.05, 3.63) is 42.5 Å². The van der Waals surface area contributed by atoms with Gasteiger partial charge in [-0.1, -0.05) is 18.7 Å². The molecule has 0 unspecified atom stereocenters. The van der Waals surface area contributed by atoms with Crippen molar-refractivity contribution in [2.75, 3.05) is 11.9 Å². The summed E-state index contributed by atoms with van der Waals surface area (Å²) in [5.74, 6) is -1.40. The molecule has 1 N–H and O–H groups in total. The molecule has 0 saturated heterocycles. The Labute approximate surface area is 87.4 Å². The Bertz CT molecular complexity index is 412. The van der Waals surface area contributed by atoms with Crippen LogP contribution in [-0.2, 0) is 4.79 Å². The highest BCUT2D eigenvalue weighted by Gasteiger charge is 2.15. The van der Waals surface area contributed by atoms with Crippen LogP contribution in [0.1, 0.15) is 10.4 Å². The number of para-hydroxylation sites is 1. The van der Waals surface area contributed by atoms with Crippen LogP contribution in [-0.4, -0.2) is 24.0 Å². The monoisotopic (exact) mass is 205 g/mol. The van der Waals surface area contributed by atoms with E-state index in [1.54, 1.807) is 18.2 Å². The van der Waals surface area contributed by atoms with E-state index in [9.17, 15) is 9.59 Å². The lowest BCUT2D eigenvalue weighted by atomic mass is 10.1. The van der Waals surface area contributed by atoms with Gasteiger partial charge in [-0.3, -0.25) is 4.79 Å². The van der Waals surface area contributed by atoms with Crippen LogP contribution in [0.15, 0.2) is 36.9 Å². The summed E-state index contributed by atoms with van der Waals surface area (Å²) in [5.41, 5.74) is 0.449. The van der Waals surface area contributed by atoms with Crippen LogP contribution >= 0.6 is 0 Å². The van der Waals surface area contributed by atoms with Crippen LogP contribution in [0.25, 0.3) is 0 Å². The molecular weight excluding hydrogens is 194 g/mol. The van der Waals surface area contributed by atoms with Crippen LogP contribution in [0.2, 0.25) is 0 Å². The second-order valence-corrected chi connectivity index (χ2v) is 2.92. The van der Waals surface area contributed by atoms with Gasteiger partial charge in [-0.15, -0.1) is 0 Å². The molecule has 0 radical (unpaired) electrons. The van der Waals surface area contributed by atoms with E-state index in [0.717, 1.165) is 6.08 Å². The molecule has 15 heavy (non-hydrogen) atoms. The van der Waals surface area contributed by atoms with E-state index in [4.69, 9.17) is 5.11 Å². The highest BCUT2D eigenvalue weighted by Crippen LogP contribution is 2.19. The Kier molecular flexibility index (Phi) is 3.23. The first-order chi connectivity index (χ1) is 7.07. The lowest BCUT2D eigenvalue weighted by Gasteiger charge is -2.17. The molecule has 0 aliphatic carbocycles. The number of aromatic carboxylic acids is 1. The SMILES string of the molecule is C=CC(=O)N(C)c1ccccc1C(=O)O. The Balaban J connectivity index is 3.18. The summed E-state index contributed by atoms with van der Waals surface area (Å²) in [7, 11) is 1.51. The van der Waals surface area contributed by atoms with E-state index in [1.165, 1.54) is 18.0 Å². The molecule has 78 valence electrons. The zero-order chi connectivity index (χ0) is 11.4. The number of carboxylic acids is 1. The van der Waals surface area contributed by atoms with Crippen LogP contribution in [0.4, 0.5) is 5.69 Å². The Morgan fingerprint density at radius 2 is 2.00 bits per heavy atom. The zero-order valence-corrected chi connectivity index (χ0v) is 8.30. The van der Waals surface area contributed by atoms with Gasteiger partial charge in [0.25, 0.3) is 0 Å². The molecule has 1 aromatic rings. The fraction of sp³-hybridized carbons (Fsp3) is 0.0909. The highest BCUT2D eigenvalue weighted by atomic mass is 16.4. The minimum absolute atomic E-state index is 0.0928. The van der Waals surface area contributed by atoms with Crippen molar-refractivity contribution in [1.82, 2.24) is 0 Å². The zero-order valence-electron chi connectivity index (χ0n) is 8.30. The summed E-state index contributed by atoms with van der Waals surface area (Å²) in [6.07, 6.45) is 1.14. The third-order valence-electron chi connectivity index (χ3n) is 2.00. The predicted molar refractivity (Wildman–Crippen MR) is 57.0 cm³/mol. The first-order valence-corrected chi connectivity index (χ1v) is 4.30. The molecule has 1 amide bonds. The van der Waals surface area contributed by atoms with Gasteiger partial charge >= 0.3 is 5.97 Å². The molecule has 4 nitrogen and oxygen atoms in total. The third-order valence-corrected chi connectivity index (χ3v) is 2.00. The van der Waals surface area contributed by atoms with Crippen molar-refractivity contribution in [3.63, 3.8) is 0 Å². The maximum Gasteiger partial charge on any atom is 0.337 e. The summed E-state index contributed by atoms with van der Waals surface area (Å²) in [6, 6.07) is 6.31. The second-order valence-electron chi connectivity index (χ2n) is 2.92. The topological polar surface area (TPSA) is 57.6 Å². The largest absolute Gasteiger partial charge is 0.478 e. The lowest BCUT2D eigenvalue weighted by molar-refractivity contribution is -0.113. The quantitative estimate of drug-likeness (QED) is 0.761. The van der Waals surface area contributed by atoms with Gasteiger partial charge in [0.05, 0.1) is 11.3 Å². The molecular formula is C11H11NO3. The molecule has 0 aliphatic heterocycles. The lowest BCUT2D eigenvalue weighted by Crippen LogP contribution is -2.25. The molecule has 0 aliphatic rings. The van der Waals surface area contributed by atoms with Gasteiger partial charge in [0.1, 0.15) is 0 Å². The van der Waals surface area contributed by atoms with Crippen LogP contribution in [0.5, 0.6) is 0 Å². The molecule has 1 rings (SSSR count). The number of amides is 1. The number of carboxylic acid groups (broad SMARTS) is 1. The molecule has 0 aromatic heterocycles. The number of carbonyl (C=O) groups is 2. The number of hydrogen-bond donors (Lipinski definition) is 1. The number of rotatable bonds is 3. The predicted octanol–water partition coefficient (Wildman–Crippen LogP) is 1.53. The number of nitrogens with zero attached hydrogens (tertiary/aromatic N) is 1. The van der Waals surface area contributed by atoms with Crippen molar-refractivity contribution in [3.8, 4) is 0 Å². The van der Waals surface area contributed by atoms with E-state index in [-0.39, 0.29) is 11.5 Å². The van der Waals surface area contributed by atoms with Crippen molar-refractivity contribution < 1.29 is 14.7 Å². The second kappa shape index (κ2) is 4.41. The number of carbonyl (C=O) groups excluding carboxylic acids is 1. The molecule has 0 heterocycles. The van der Waals surface area contributed by atoms with Crippen molar-refractivity contribution in [2.45, 2.75) is 0 Å². The fourth-order valence-electron chi connectivity index (χ4n) is 1.20. The van der Waals surface area contributed by atoms with Gasteiger partial charge in [0, 0.05) is 7.05 Å². The molecule has 0 spiro atoms. The minimum atomic E-state index is -1.06. The highest BCUT2D eigenvalue weighted by molar-refractivity contribution is 6.05. The number of likely N-dealkylation sites (N-methyl/N-ethyl adjacent to an activating group) is 1. The molecule has 0 saturated carbocycles. The van der Waals surface area contributed by atoms with E-state index in [0.29, 0.717) is 5.69 Å². The van der Waals surface area contributed by atoms with E-state index < -0.39 is 5.97 Å². The maximum absolute atomic E-state index is 11.3. The van der Waals surface area contributed by atoms with E-state index in [2.05, 4.69) is 6.58 Å². The van der Waals surface area contributed by atoms with Gasteiger partial charge in [0.15, 0.2) is 0 Å². The van der Waals surface area contributed by atoms with Crippen molar-refractivity contribution >= 4 is 17.6 Å². The van der Waals surface area contributed by atoms with Gasteiger partial charge < -0.3 is 10.0 Å². The van der Waals surface area contributed by atoms with Gasteiger partial charge in [-0.05, 0) is 18.2 Å². The molecule has 1 aromatic carbocycles. The summed E-state index contributed by atoms with van der Waals surface area (Å²) < 4.78 is 0. The first-order valence-electron chi connectivity index (χ1n) is 4.30. The van der Waals surface area contributed by atoms with Crippen molar-refractivity contribution in [2.24, 2.45) is 0 Å². The average molecular weight is 205 g/mol. The Hall–Kier alpha value is -2.10.